The van der Waals surface area contributed by atoms with Gasteiger partial charge in [0.05, 0.1) is 4.90 Å². The normalized spacial score (nSPS) is 11.5. The van der Waals surface area contributed by atoms with Gasteiger partial charge >= 0.3 is 0 Å². The maximum Gasteiger partial charge on any atom is 0.242 e. The molecule has 0 radical (unpaired) electrons. The highest BCUT2D eigenvalue weighted by molar-refractivity contribution is 7.89. The van der Waals surface area contributed by atoms with E-state index in [4.69, 9.17) is 11.6 Å². The number of hydrogen-bond donors (Lipinski definition) is 1. The first-order chi connectivity index (χ1) is 12.9. The molecule has 5 nitrogen and oxygen atoms in total. The molecular weight excluding hydrogens is 384 g/mol. The number of sulfonamides is 1. The molecule has 0 fully saturated rings. The van der Waals surface area contributed by atoms with Crippen LogP contribution in [0.5, 0.6) is 0 Å². The molecular formula is C20H25ClN2O3S. The van der Waals surface area contributed by atoms with E-state index in [0.29, 0.717) is 31.0 Å². The molecule has 0 unspecified atom stereocenters. The summed E-state index contributed by atoms with van der Waals surface area (Å²) in [6, 6.07) is 16.0. The zero-order chi connectivity index (χ0) is 19.7. The van der Waals surface area contributed by atoms with E-state index in [0.717, 1.165) is 12.8 Å². The van der Waals surface area contributed by atoms with Crippen molar-refractivity contribution in [3.05, 3.63) is 65.2 Å². The van der Waals surface area contributed by atoms with Crippen LogP contribution in [0.1, 0.15) is 24.8 Å². The molecule has 2 aromatic carbocycles. The number of nitrogens with one attached hydrogen (secondary N) is 1. The van der Waals surface area contributed by atoms with E-state index in [-0.39, 0.29) is 10.8 Å². The second-order valence-electron chi connectivity index (χ2n) is 6.32. The average molecular weight is 409 g/mol. The molecule has 0 aliphatic carbocycles. The molecule has 146 valence electrons. The zero-order valence-corrected chi connectivity index (χ0v) is 17.0. The van der Waals surface area contributed by atoms with E-state index in [9.17, 15) is 13.2 Å². The van der Waals surface area contributed by atoms with Crippen molar-refractivity contribution in [2.45, 2.75) is 30.6 Å². The Hall–Kier alpha value is -1.89. The van der Waals surface area contributed by atoms with Crippen LogP contribution in [-0.2, 0) is 21.2 Å². The lowest BCUT2D eigenvalue weighted by Gasteiger charge is -2.17. The summed E-state index contributed by atoms with van der Waals surface area (Å²) in [4.78, 5) is 12.2. The Kier molecular flexibility index (Phi) is 8.28. The fourth-order valence-electron chi connectivity index (χ4n) is 2.61. The van der Waals surface area contributed by atoms with Crippen LogP contribution in [0.25, 0.3) is 0 Å². The quantitative estimate of drug-likeness (QED) is 0.612. The summed E-state index contributed by atoms with van der Waals surface area (Å²) in [5, 5.41) is 3.59. The highest BCUT2D eigenvalue weighted by Crippen LogP contribution is 2.14. The Labute approximate surface area is 166 Å². The van der Waals surface area contributed by atoms with E-state index in [1.54, 1.807) is 30.3 Å². The molecule has 27 heavy (non-hydrogen) atoms. The van der Waals surface area contributed by atoms with E-state index in [2.05, 4.69) is 5.32 Å². The Balaban J connectivity index is 1.64. The van der Waals surface area contributed by atoms with Gasteiger partial charge in [-0.25, -0.2) is 12.7 Å². The summed E-state index contributed by atoms with van der Waals surface area (Å²) in [6.45, 7) is 0.898. The summed E-state index contributed by atoms with van der Waals surface area (Å²) < 4.78 is 26.1. The van der Waals surface area contributed by atoms with Gasteiger partial charge in [0.25, 0.3) is 0 Å². The molecule has 0 saturated heterocycles. The molecule has 7 heteroatoms. The first kappa shape index (κ1) is 21.4. The lowest BCUT2D eigenvalue weighted by molar-refractivity contribution is -0.121. The lowest BCUT2D eigenvalue weighted by atomic mass is 10.1. The molecule has 0 bridgehead atoms. The second-order valence-corrected chi connectivity index (χ2v) is 8.80. The molecule has 0 spiro atoms. The van der Waals surface area contributed by atoms with Crippen LogP contribution in [0.3, 0.4) is 0 Å². The minimum atomic E-state index is -3.50. The van der Waals surface area contributed by atoms with E-state index < -0.39 is 10.0 Å². The number of rotatable bonds is 10. The van der Waals surface area contributed by atoms with Gasteiger partial charge in [-0.2, -0.15) is 0 Å². The number of nitrogens with zero attached hydrogens (tertiary/aromatic N) is 1. The van der Waals surface area contributed by atoms with Crippen LogP contribution in [0, 0.1) is 0 Å². The number of benzene rings is 2. The number of amides is 1. The Bertz CT molecular complexity index is 824. The van der Waals surface area contributed by atoms with Gasteiger partial charge in [-0.15, -0.1) is 0 Å². The van der Waals surface area contributed by atoms with Crippen molar-refractivity contribution in [1.29, 1.82) is 0 Å². The summed E-state index contributed by atoms with van der Waals surface area (Å²) >= 11 is 5.85. The highest BCUT2D eigenvalue weighted by Gasteiger charge is 2.19. The van der Waals surface area contributed by atoms with Crippen LogP contribution < -0.4 is 5.32 Å². The largest absolute Gasteiger partial charge is 0.356 e. The van der Waals surface area contributed by atoms with Crippen molar-refractivity contribution < 1.29 is 13.2 Å². The molecule has 2 aromatic rings. The Morgan fingerprint density at radius 3 is 2.37 bits per heavy atom. The summed E-state index contributed by atoms with van der Waals surface area (Å²) in [7, 11) is -1.97. The zero-order valence-electron chi connectivity index (χ0n) is 15.4. The molecule has 1 amide bonds. The van der Waals surface area contributed by atoms with Crippen molar-refractivity contribution in [3.63, 3.8) is 0 Å². The summed E-state index contributed by atoms with van der Waals surface area (Å²) in [5.74, 6) is -0.0587. The standard InChI is InChI=1S/C20H25ClN2O3S/c1-23(27(25,26)19-8-3-2-4-9-19)16-6-10-20(24)22-15-5-7-17-11-13-18(21)14-12-17/h2-4,8-9,11-14H,5-7,10,15-16H2,1H3,(H,22,24). The predicted molar refractivity (Wildman–Crippen MR) is 108 cm³/mol. The lowest BCUT2D eigenvalue weighted by Crippen LogP contribution is -2.30. The number of carbonyl (C=O) groups excluding carboxylic acids is 1. The Morgan fingerprint density at radius 1 is 1.04 bits per heavy atom. The molecule has 2 rings (SSSR count). The number of carbonyl (C=O) groups is 1. The van der Waals surface area contributed by atoms with Crippen LogP contribution in [0.15, 0.2) is 59.5 Å². The maximum atomic E-state index is 12.4. The van der Waals surface area contributed by atoms with E-state index >= 15 is 0 Å². The monoisotopic (exact) mass is 408 g/mol. The van der Waals surface area contributed by atoms with Gasteiger partial charge in [0.15, 0.2) is 0 Å². The molecule has 1 N–H and O–H groups in total. The van der Waals surface area contributed by atoms with Crippen LogP contribution in [0.2, 0.25) is 5.02 Å². The third kappa shape index (κ3) is 6.97. The molecule has 0 saturated carbocycles. The number of halogens is 1. The molecule has 0 atom stereocenters. The average Bonchev–Trinajstić information content (AvgIpc) is 2.67. The smallest absolute Gasteiger partial charge is 0.242 e. The molecule has 0 aliphatic rings. The van der Waals surface area contributed by atoms with Crippen LogP contribution in [-0.4, -0.2) is 38.8 Å². The van der Waals surface area contributed by atoms with Crippen molar-refractivity contribution in [1.82, 2.24) is 9.62 Å². The number of hydrogen-bond acceptors (Lipinski definition) is 3. The van der Waals surface area contributed by atoms with Gasteiger partial charge in [0.2, 0.25) is 15.9 Å². The van der Waals surface area contributed by atoms with E-state index in [1.807, 2.05) is 24.3 Å². The highest BCUT2D eigenvalue weighted by atomic mass is 35.5. The third-order valence-electron chi connectivity index (χ3n) is 4.21. The van der Waals surface area contributed by atoms with E-state index in [1.165, 1.54) is 16.9 Å². The van der Waals surface area contributed by atoms with Crippen molar-refractivity contribution >= 4 is 27.5 Å². The molecule has 0 heterocycles. The fraction of sp³-hybridized carbons (Fsp3) is 0.350. The minimum absolute atomic E-state index is 0.0587. The first-order valence-electron chi connectivity index (χ1n) is 8.92. The third-order valence-corrected chi connectivity index (χ3v) is 6.33. The van der Waals surface area contributed by atoms with Gasteiger partial charge in [-0.1, -0.05) is 41.9 Å². The predicted octanol–water partition coefficient (Wildman–Crippen LogP) is 3.49. The van der Waals surface area contributed by atoms with Gasteiger partial charge in [-0.05, 0) is 49.1 Å². The SMILES string of the molecule is CN(CCCC(=O)NCCCc1ccc(Cl)cc1)S(=O)(=O)c1ccccc1. The minimum Gasteiger partial charge on any atom is -0.356 e. The molecule has 0 aliphatic heterocycles. The molecule has 0 aromatic heterocycles. The fourth-order valence-corrected chi connectivity index (χ4v) is 3.97. The van der Waals surface area contributed by atoms with Gasteiger partial charge in [-0.3, -0.25) is 4.79 Å². The van der Waals surface area contributed by atoms with Gasteiger partial charge in [0.1, 0.15) is 0 Å². The van der Waals surface area contributed by atoms with Crippen molar-refractivity contribution in [2.75, 3.05) is 20.1 Å². The maximum absolute atomic E-state index is 12.4. The summed E-state index contributed by atoms with van der Waals surface area (Å²) in [6.07, 6.45) is 2.49. The topological polar surface area (TPSA) is 66.5 Å². The van der Waals surface area contributed by atoms with Crippen molar-refractivity contribution in [2.24, 2.45) is 0 Å². The van der Waals surface area contributed by atoms with Crippen LogP contribution >= 0.6 is 11.6 Å². The summed E-state index contributed by atoms with van der Waals surface area (Å²) in [5.41, 5.74) is 1.18. The van der Waals surface area contributed by atoms with Crippen molar-refractivity contribution in [3.8, 4) is 0 Å². The second kappa shape index (κ2) is 10.4. The van der Waals surface area contributed by atoms with Crippen LogP contribution in [0.4, 0.5) is 0 Å². The Morgan fingerprint density at radius 2 is 1.70 bits per heavy atom. The van der Waals surface area contributed by atoms with Gasteiger partial charge in [0, 0.05) is 31.6 Å². The number of aryl methyl sites for hydroxylation is 1. The first-order valence-corrected chi connectivity index (χ1v) is 10.7. The van der Waals surface area contributed by atoms with Gasteiger partial charge < -0.3 is 5.32 Å².